The standard InChI is InChI=1S/C14H16O/c1-2-8-14(15)12-7-6-11-13-9-4-3-5-10-13/h3-7,9-12H,2,8H2,1H3/b11-6+,12-7+. The number of rotatable bonds is 5. The maximum Gasteiger partial charge on any atom is 0.155 e. The van der Waals surface area contributed by atoms with Crippen molar-refractivity contribution in [3.8, 4) is 0 Å². The lowest BCUT2D eigenvalue weighted by molar-refractivity contribution is -0.114. The van der Waals surface area contributed by atoms with Crippen LogP contribution in [-0.2, 0) is 4.79 Å². The van der Waals surface area contributed by atoms with Gasteiger partial charge >= 0.3 is 0 Å². The first-order valence-corrected chi connectivity index (χ1v) is 5.25. The Hall–Kier alpha value is -1.63. The molecule has 78 valence electrons. The second kappa shape index (κ2) is 6.77. The molecule has 0 amide bonds. The average molecular weight is 200 g/mol. The van der Waals surface area contributed by atoms with Crippen LogP contribution >= 0.6 is 0 Å². The number of ketones is 1. The van der Waals surface area contributed by atoms with Gasteiger partial charge in [0.15, 0.2) is 5.78 Å². The van der Waals surface area contributed by atoms with Gasteiger partial charge in [-0.05, 0) is 18.1 Å². The topological polar surface area (TPSA) is 17.1 Å². The third-order valence-electron chi connectivity index (χ3n) is 1.98. The van der Waals surface area contributed by atoms with E-state index in [4.69, 9.17) is 0 Å². The second-order valence-corrected chi connectivity index (χ2v) is 3.35. The Morgan fingerprint density at radius 3 is 2.60 bits per heavy atom. The van der Waals surface area contributed by atoms with Gasteiger partial charge in [0.1, 0.15) is 0 Å². The number of benzene rings is 1. The van der Waals surface area contributed by atoms with E-state index in [0.717, 1.165) is 12.0 Å². The molecule has 0 aliphatic heterocycles. The van der Waals surface area contributed by atoms with Gasteiger partial charge < -0.3 is 0 Å². The van der Waals surface area contributed by atoms with Crippen LogP contribution in [0.5, 0.6) is 0 Å². The molecule has 0 spiro atoms. The van der Waals surface area contributed by atoms with Crippen molar-refractivity contribution in [1.82, 2.24) is 0 Å². The van der Waals surface area contributed by atoms with Gasteiger partial charge in [0.05, 0.1) is 0 Å². The van der Waals surface area contributed by atoms with Crippen LogP contribution in [-0.4, -0.2) is 5.78 Å². The van der Waals surface area contributed by atoms with Crippen molar-refractivity contribution < 1.29 is 4.79 Å². The fourth-order valence-corrected chi connectivity index (χ4v) is 1.22. The molecule has 0 bridgehead atoms. The average Bonchev–Trinajstić information content (AvgIpc) is 2.26. The fourth-order valence-electron chi connectivity index (χ4n) is 1.22. The third-order valence-corrected chi connectivity index (χ3v) is 1.98. The lowest BCUT2D eigenvalue weighted by Gasteiger charge is -1.89. The van der Waals surface area contributed by atoms with Crippen molar-refractivity contribution in [3.05, 3.63) is 54.1 Å². The van der Waals surface area contributed by atoms with Gasteiger partial charge in [0.2, 0.25) is 0 Å². The second-order valence-electron chi connectivity index (χ2n) is 3.35. The predicted octanol–water partition coefficient (Wildman–Crippen LogP) is 3.63. The Labute approximate surface area is 91.1 Å². The zero-order valence-electron chi connectivity index (χ0n) is 9.02. The van der Waals surface area contributed by atoms with Crippen LogP contribution in [0, 0.1) is 0 Å². The van der Waals surface area contributed by atoms with Crippen molar-refractivity contribution >= 4 is 11.9 Å². The van der Waals surface area contributed by atoms with Crippen molar-refractivity contribution in [2.75, 3.05) is 0 Å². The van der Waals surface area contributed by atoms with Crippen LogP contribution in [0.4, 0.5) is 0 Å². The van der Waals surface area contributed by atoms with Crippen LogP contribution in [0.15, 0.2) is 48.6 Å². The molecule has 0 radical (unpaired) electrons. The first-order chi connectivity index (χ1) is 7.33. The SMILES string of the molecule is CCCC(=O)/C=C/C=C/c1ccccc1. The number of hydrogen-bond acceptors (Lipinski definition) is 1. The minimum absolute atomic E-state index is 0.190. The van der Waals surface area contributed by atoms with Gasteiger partial charge in [-0.2, -0.15) is 0 Å². The van der Waals surface area contributed by atoms with E-state index in [1.807, 2.05) is 49.4 Å². The zero-order chi connectivity index (χ0) is 10.9. The molecule has 1 aromatic rings. The van der Waals surface area contributed by atoms with Crippen LogP contribution in [0.1, 0.15) is 25.3 Å². The van der Waals surface area contributed by atoms with E-state index >= 15 is 0 Å². The van der Waals surface area contributed by atoms with Crippen molar-refractivity contribution in [3.63, 3.8) is 0 Å². The third kappa shape index (κ3) is 4.96. The molecule has 0 atom stereocenters. The molecule has 1 nitrogen and oxygen atoms in total. The van der Waals surface area contributed by atoms with Crippen molar-refractivity contribution in [1.29, 1.82) is 0 Å². The molecule has 1 heteroatoms. The maximum absolute atomic E-state index is 11.1. The van der Waals surface area contributed by atoms with Crippen LogP contribution in [0.3, 0.4) is 0 Å². The Bertz CT molecular complexity index is 347. The number of carbonyl (C=O) groups is 1. The van der Waals surface area contributed by atoms with Gasteiger partial charge in [0.25, 0.3) is 0 Å². The predicted molar refractivity (Wildman–Crippen MR) is 64.5 cm³/mol. The normalized spacial score (nSPS) is 11.3. The van der Waals surface area contributed by atoms with Gasteiger partial charge in [-0.25, -0.2) is 0 Å². The first kappa shape index (κ1) is 11.4. The Balaban J connectivity index is 2.43. The monoisotopic (exact) mass is 200 g/mol. The first-order valence-electron chi connectivity index (χ1n) is 5.25. The van der Waals surface area contributed by atoms with E-state index in [9.17, 15) is 4.79 Å². The van der Waals surface area contributed by atoms with E-state index < -0.39 is 0 Å². The van der Waals surface area contributed by atoms with E-state index in [1.54, 1.807) is 12.2 Å². The summed E-state index contributed by atoms with van der Waals surface area (Å²) in [5.74, 6) is 0.190. The summed E-state index contributed by atoms with van der Waals surface area (Å²) in [4.78, 5) is 11.1. The summed E-state index contributed by atoms with van der Waals surface area (Å²) in [7, 11) is 0. The van der Waals surface area contributed by atoms with E-state index in [1.165, 1.54) is 0 Å². The molecule has 0 saturated heterocycles. The highest BCUT2D eigenvalue weighted by atomic mass is 16.1. The lowest BCUT2D eigenvalue weighted by Crippen LogP contribution is -1.88. The molecular weight excluding hydrogens is 184 g/mol. The summed E-state index contributed by atoms with van der Waals surface area (Å²) in [6.45, 7) is 2.01. The minimum atomic E-state index is 0.190. The molecule has 0 N–H and O–H groups in total. The van der Waals surface area contributed by atoms with Crippen LogP contribution < -0.4 is 0 Å². The van der Waals surface area contributed by atoms with Crippen molar-refractivity contribution in [2.45, 2.75) is 19.8 Å². The van der Waals surface area contributed by atoms with Gasteiger partial charge in [-0.1, -0.05) is 55.5 Å². The Kier molecular flexibility index (Phi) is 5.16. The molecular formula is C14H16O. The summed E-state index contributed by atoms with van der Waals surface area (Å²) in [5, 5.41) is 0. The van der Waals surface area contributed by atoms with E-state index in [0.29, 0.717) is 6.42 Å². The largest absolute Gasteiger partial charge is 0.295 e. The summed E-state index contributed by atoms with van der Waals surface area (Å²) in [6.07, 6.45) is 8.84. The molecule has 0 aliphatic carbocycles. The molecule has 0 fully saturated rings. The fraction of sp³-hybridized carbons (Fsp3) is 0.214. The molecule has 0 aromatic heterocycles. The molecule has 15 heavy (non-hydrogen) atoms. The van der Waals surface area contributed by atoms with E-state index in [-0.39, 0.29) is 5.78 Å². The quantitative estimate of drug-likeness (QED) is 0.524. The molecule has 0 heterocycles. The summed E-state index contributed by atoms with van der Waals surface area (Å²) < 4.78 is 0. The Morgan fingerprint density at radius 1 is 1.20 bits per heavy atom. The highest BCUT2D eigenvalue weighted by Gasteiger charge is 1.90. The lowest BCUT2D eigenvalue weighted by atomic mass is 10.2. The minimum Gasteiger partial charge on any atom is -0.295 e. The molecule has 1 rings (SSSR count). The maximum atomic E-state index is 11.1. The van der Waals surface area contributed by atoms with Crippen LogP contribution in [0.25, 0.3) is 6.08 Å². The molecule has 0 aliphatic rings. The van der Waals surface area contributed by atoms with Crippen molar-refractivity contribution in [2.24, 2.45) is 0 Å². The Morgan fingerprint density at radius 2 is 1.93 bits per heavy atom. The van der Waals surface area contributed by atoms with Crippen LogP contribution in [0.2, 0.25) is 0 Å². The molecule has 0 unspecified atom stereocenters. The number of allylic oxidation sites excluding steroid dienone is 3. The number of hydrogen-bond donors (Lipinski definition) is 0. The molecule has 0 saturated carbocycles. The summed E-state index contributed by atoms with van der Waals surface area (Å²) in [5.41, 5.74) is 1.14. The van der Waals surface area contributed by atoms with E-state index in [2.05, 4.69) is 0 Å². The molecule has 1 aromatic carbocycles. The summed E-state index contributed by atoms with van der Waals surface area (Å²) in [6, 6.07) is 10.0. The van der Waals surface area contributed by atoms with Gasteiger partial charge in [-0.15, -0.1) is 0 Å². The highest BCUT2D eigenvalue weighted by Crippen LogP contribution is 2.01. The number of carbonyl (C=O) groups excluding carboxylic acids is 1. The van der Waals surface area contributed by atoms with Gasteiger partial charge in [-0.3, -0.25) is 4.79 Å². The highest BCUT2D eigenvalue weighted by molar-refractivity contribution is 5.89. The zero-order valence-corrected chi connectivity index (χ0v) is 9.02. The van der Waals surface area contributed by atoms with Gasteiger partial charge in [0, 0.05) is 6.42 Å². The smallest absolute Gasteiger partial charge is 0.155 e. The summed E-state index contributed by atoms with van der Waals surface area (Å²) >= 11 is 0.